The van der Waals surface area contributed by atoms with Crippen molar-refractivity contribution in [3.05, 3.63) is 41.2 Å². The summed E-state index contributed by atoms with van der Waals surface area (Å²) in [5.41, 5.74) is 6.04. The zero-order valence-electron chi connectivity index (χ0n) is 12.9. The Bertz CT molecular complexity index is 625. The van der Waals surface area contributed by atoms with Crippen molar-refractivity contribution < 1.29 is 4.74 Å². The average molecular weight is 283 g/mol. The van der Waals surface area contributed by atoms with Gasteiger partial charge in [0.15, 0.2) is 0 Å². The second-order valence-corrected chi connectivity index (χ2v) is 5.63. The Labute approximate surface area is 125 Å². The van der Waals surface area contributed by atoms with Crippen LogP contribution in [-0.4, -0.2) is 36.3 Å². The first-order chi connectivity index (χ1) is 10.1. The maximum absolute atomic E-state index is 5.40. The van der Waals surface area contributed by atoms with Crippen LogP contribution in [0.15, 0.2) is 24.5 Å². The fraction of sp³-hybridized carbons (Fsp3) is 0.412. The van der Waals surface area contributed by atoms with Gasteiger partial charge in [-0.15, -0.1) is 0 Å². The van der Waals surface area contributed by atoms with Crippen LogP contribution in [0.4, 0.5) is 5.82 Å². The Kier molecular flexibility index (Phi) is 3.88. The minimum Gasteiger partial charge on any atom is -0.378 e. The van der Waals surface area contributed by atoms with Crippen molar-refractivity contribution in [2.24, 2.45) is 0 Å². The molecule has 1 aromatic carbocycles. The van der Waals surface area contributed by atoms with Crippen molar-refractivity contribution in [1.29, 1.82) is 0 Å². The van der Waals surface area contributed by atoms with E-state index in [0.717, 1.165) is 37.8 Å². The second-order valence-electron chi connectivity index (χ2n) is 5.63. The number of rotatable bonds is 2. The van der Waals surface area contributed by atoms with Gasteiger partial charge in [-0.1, -0.05) is 17.7 Å². The van der Waals surface area contributed by atoms with Crippen LogP contribution in [-0.2, 0) is 4.74 Å². The third kappa shape index (κ3) is 2.90. The molecule has 3 rings (SSSR count). The van der Waals surface area contributed by atoms with E-state index in [1.807, 2.05) is 0 Å². The third-order valence-corrected chi connectivity index (χ3v) is 3.92. The van der Waals surface area contributed by atoms with Crippen molar-refractivity contribution in [1.82, 2.24) is 9.97 Å². The number of morpholine rings is 1. The van der Waals surface area contributed by atoms with Gasteiger partial charge in [-0.3, -0.25) is 0 Å². The van der Waals surface area contributed by atoms with E-state index in [9.17, 15) is 0 Å². The Morgan fingerprint density at radius 2 is 1.62 bits per heavy atom. The smallest absolute Gasteiger partial charge is 0.132 e. The Balaban J connectivity index is 2.00. The molecule has 4 nitrogen and oxygen atoms in total. The van der Waals surface area contributed by atoms with Crippen LogP contribution < -0.4 is 4.90 Å². The molecule has 4 heteroatoms. The summed E-state index contributed by atoms with van der Waals surface area (Å²) >= 11 is 0. The molecule has 2 heterocycles. The number of ether oxygens (including phenoxy) is 1. The maximum atomic E-state index is 5.40. The molecule has 0 bridgehead atoms. The molecular formula is C17H21N3O. The maximum Gasteiger partial charge on any atom is 0.132 e. The predicted octanol–water partition coefficient (Wildman–Crippen LogP) is 2.91. The van der Waals surface area contributed by atoms with E-state index in [4.69, 9.17) is 4.74 Å². The molecule has 0 aliphatic carbocycles. The SMILES string of the molecule is Cc1cc(C)c(-c2cc(N3CCOCC3)ncn2)c(C)c1. The molecule has 2 aromatic rings. The molecule has 0 unspecified atom stereocenters. The number of aryl methyl sites for hydroxylation is 3. The third-order valence-electron chi connectivity index (χ3n) is 3.92. The summed E-state index contributed by atoms with van der Waals surface area (Å²) in [5, 5.41) is 0. The van der Waals surface area contributed by atoms with Crippen LogP contribution in [0.3, 0.4) is 0 Å². The molecule has 1 fully saturated rings. The van der Waals surface area contributed by atoms with Gasteiger partial charge < -0.3 is 9.64 Å². The van der Waals surface area contributed by atoms with Gasteiger partial charge in [0.25, 0.3) is 0 Å². The minimum atomic E-state index is 0.766. The van der Waals surface area contributed by atoms with Gasteiger partial charge in [-0.2, -0.15) is 0 Å². The molecule has 0 spiro atoms. The molecule has 1 aliphatic heterocycles. The summed E-state index contributed by atoms with van der Waals surface area (Å²) in [4.78, 5) is 11.2. The lowest BCUT2D eigenvalue weighted by Crippen LogP contribution is -2.36. The van der Waals surface area contributed by atoms with Gasteiger partial charge in [0, 0.05) is 24.7 Å². The second kappa shape index (κ2) is 5.82. The van der Waals surface area contributed by atoms with Gasteiger partial charge in [-0.05, 0) is 31.9 Å². The van der Waals surface area contributed by atoms with Crippen molar-refractivity contribution >= 4 is 5.82 Å². The van der Waals surface area contributed by atoms with E-state index < -0.39 is 0 Å². The fourth-order valence-corrected chi connectivity index (χ4v) is 3.03. The molecule has 0 atom stereocenters. The van der Waals surface area contributed by atoms with Crippen LogP contribution in [0.1, 0.15) is 16.7 Å². The number of hydrogen-bond acceptors (Lipinski definition) is 4. The van der Waals surface area contributed by atoms with Gasteiger partial charge >= 0.3 is 0 Å². The van der Waals surface area contributed by atoms with Gasteiger partial charge in [0.2, 0.25) is 0 Å². The molecule has 0 radical (unpaired) electrons. The molecule has 1 saturated heterocycles. The zero-order valence-corrected chi connectivity index (χ0v) is 12.9. The molecule has 1 aromatic heterocycles. The van der Waals surface area contributed by atoms with E-state index in [1.165, 1.54) is 22.3 Å². The lowest BCUT2D eigenvalue weighted by atomic mass is 9.97. The first-order valence-electron chi connectivity index (χ1n) is 7.38. The van der Waals surface area contributed by atoms with Crippen molar-refractivity contribution in [2.75, 3.05) is 31.2 Å². The molecule has 1 aliphatic rings. The Morgan fingerprint density at radius 1 is 0.952 bits per heavy atom. The minimum absolute atomic E-state index is 0.766. The number of nitrogens with zero attached hydrogens (tertiary/aromatic N) is 3. The standard InChI is InChI=1S/C17H21N3O/c1-12-8-13(2)17(14(3)9-12)15-10-16(19-11-18-15)20-4-6-21-7-5-20/h8-11H,4-7H2,1-3H3. The van der Waals surface area contributed by atoms with E-state index >= 15 is 0 Å². The molecule has 110 valence electrons. The van der Waals surface area contributed by atoms with E-state index in [-0.39, 0.29) is 0 Å². The normalized spacial score (nSPS) is 15.3. The summed E-state index contributed by atoms with van der Waals surface area (Å²) in [6.07, 6.45) is 1.67. The topological polar surface area (TPSA) is 38.2 Å². The highest BCUT2D eigenvalue weighted by molar-refractivity contribution is 5.70. The first kappa shape index (κ1) is 14.0. The van der Waals surface area contributed by atoms with E-state index in [2.05, 4.69) is 53.8 Å². The van der Waals surface area contributed by atoms with Crippen LogP contribution in [0.5, 0.6) is 0 Å². The number of aromatic nitrogens is 2. The molecular weight excluding hydrogens is 262 g/mol. The number of anilines is 1. The molecule has 0 amide bonds. The van der Waals surface area contributed by atoms with Crippen LogP contribution in [0, 0.1) is 20.8 Å². The zero-order chi connectivity index (χ0) is 14.8. The van der Waals surface area contributed by atoms with Crippen LogP contribution in [0.25, 0.3) is 11.3 Å². The lowest BCUT2D eigenvalue weighted by molar-refractivity contribution is 0.122. The van der Waals surface area contributed by atoms with Crippen molar-refractivity contribution in [3.63, 3.8) is 0 Å². The largest absolute Gasteiger partial charge is 0.378 e. The van der Waals surface area contributed by atoms with Crippen molar-refractivity contribution in [3.8, 4) is 11.3 Å². The van der Waals surface area contributed by atoms with Gasteiger partial charge in [-0.25, -0.2) is 9.97 Å². The number of benzene rings is 1. The monoisotopic (exact) mass is 283 g/mol. The quantitative estimate of drug-likeness (QED) is 0.849. The molecule has 21 heavy (non-hydrogen) atoms. The van der Waals surface area contributed by atoms with Crippen LogP contribution in [0.2, 0.25) is 0 Å². The highest BCUT2D eigenvalue weighted by Gasteiger charge is 2.15. The van der Waals surface area contributed by atoms with Gasteiger partial charge in [0.1, 0.15) is 12.1 Å². The van der Waals surface area contributed by atoms with E-state index in [0.29, 0.717) is 0 Å². The molecule has 0 saturated carbocycles. The summed E-state index contributed by atoms with van der Waals surface area (Å²) in [6, 6.07) is 6.51. The molecule has 0 N–H and O–H groups in total. The number of hydrogen-bond donors (Lipinski definition) is 0. The summed E-state index contributed by atoms with van der Waals surface area (Å²) in [7, 11) is 0. The van der Waals surface area contributed by atoms with Crippen molar-refractivity contribution in [2.45, 2.75) is 20.8 Å². The highest BCUT2D eigenvalue weighted by Crippen LogP contribution is 2.28. The van der Waals surface area contributed by atoms with Gasteiger partial charge in [0.05, 0.1) is 18.9 Å². The average Bonchev–Trinajstić information content (AvgIpc) is 2.47. The fourth-order valence-electron chi connectivity index (χ4n) is 3.03. The van der Waals surface area contributed by atoms with E-state index in [1.54, 1.807) is 6.33 Å². The summed E-state index contributed by atoms with van der Waals surface area (Å²) in [6.45, 7) is 9.73. The lowest BCUT2D eigenvalue weighted by Gasteiger charge is -2.28. The highest BCUT2D eigenvalue weighted by atomic mass is 16.5. The predicted molar refractivity (Wildman–Crippen MR) is 84.7 cm³/mol. The van der Waals surface area contributed by atoms with Crippen LogP contribution >= 0.6 is 0 Å². The first-order valence-corrected chi connectivity index (χ1v) is 7.38. The summed E-state index contributed by atoms with van der Waals surface area (Å²) < 4.78 is 5.40. The Hall–Kier alpha value is -1.94. The Morgan fingerprint density at radius 3 is 2.29 bits per heavy atom. The summed E-state index contributed by atoms with van der Waals surface area (Å²) in [5.74, 6) is 0.989.